The smallest absolute Gasteiger partial charge is 0.0951 e. The Morgan fingerprint density at radius 2 is 1.83 bits per heavy atom. The first-order valence-corrected chi connectivity index (χ1v) is 6.98. The Labute approximate surface area is 111 Å². The van der Waals surface area contributed by atoms with Crippen LogP contribution >= 0.6 is 0 Å². The number of imidazole rings is 1. The van der Waals surface area contributed by atoms with E-state index in [9.17, 15) is 0 Å². The molecule has 0 aliphatic heterocycles. The third kappa shape index (κ3) is 2.77. The molecule has 2 rings (SSSR count). The third-order valence-corrected chi connectivity index (χ3v) is 4.09. The van der Waals surface area contributed by atoms with Gasteiger partial charge in [-0.2, -0.15) is 0 Å². The molecule has 1 aliphatic carbocycles. The van der Waals surface area contributed by atoms with E-state index in [4.69, 9.17) is 5.73 Å². The average Bonchev–Trinajstić information content (AvgIpc) is 2.59. The summed E-state index contributed by atoms with van der Waals surface area (Å²) in [5.74, 6) is 0. The zero-order valence-corrected chi connectivity index (χ0v) is 12.4. The normalized spacial score (nSPS) is 25.0. The van der Waals surface area contributed by atoms with Gasteiger partial charge in [0.25, 0.3) is 0 Å². The van der Waals surface area contributed by atoms with Crippen LogP contribution in [0.15, 0.2) is 12.5 Å². The molecule has 0 radical (unpaired) electrons. The van der Waals surface area contributed by atoms with Crippen LogP contribution in [0.3, 0.4) is 0 Å². The number of nitrogens with zero attached hydrogens (tertiary/aromatic N) is 2. The predicted octanol–water partition coefficient (Wildman–Crippen LogP) is 3.68. The van der Waals surface area contributed by atoms with Crippen LogP contribution in [0.4, 0.5) is 0 Å². The molecule has 18 heavy (non-hydrogen) atoms. The second-order valence-electron chi connectivity index (χ2n) is 7.58. The molecule has 3 heteroatoms. The van der Waals surface area contributed by atoms with Gasteiger partial charge < -0.3 is 10.3 Å². The van der Waals surface area contributed by atoms with E-state index in [-0.39, 0.29) is 6.04 Å². The lowest BCUT2D eigenvalue weighted by atomic mass is 9.63. The zero-order chi connectivity index (χ0) is 13.6. The lowest BCUT2D eigenvalue weighted by Crippen LogP contribution is -2.35. The summed E-state index contributed by atoms with van der Waals surface area (Å²) in [5, 5.41) is 0. The molecule has 1 atom stereocenters. The molecule has 0 aromatic carbocycles. The molecular weight excluding hydrogens is 222 g/mol. The summed E-state index contributed by atoms with van der Waals surface area (Å²) in [6.45, 7) is 11.5. The van der Waals surface area contributed by atoms with Crippen LogP contribution in [0.25, 0.3) is 0 Å². The van der Waals surface area contributed by atoms with Crippen LogP contribution in [-0.2, 0) is 0 Å². The van der Waals surface area contributed by atoms with E-state index >= 15 is 0 Å². The predicted molar refractivity (Wildman–Crippen MR) is 75.3 cm³/mol. The van der Waals surface area contributed by atoms with Gasteiger partial charge in [-0.25, -0.2) is 4.98 Å². The first-order chi connectivity index (χ1) is 8.20. The fourth-order valence-electron chi connectivity index (χ4n) is 3.96. The Balaban J connectivity index is 2.30. The zero-order valence-electron chi connectivity index (χ0n) is 12.4. The van der Waals surface area contributed by atoms with E-state index in [1.165, 1.54) is 19.3 Å². The molecule has 3 nitrogen and oxygen atoms in total. The molecule has 1 aliphatic rings. The molecule has 0 bridgehead atoms. The molecule has 0 unspecified atom stereocenters. The molecule has 1 aromatic heterocycles. The maximum atomic E-state index is 6.04. The van der Waals surface area contributed by atoms with Crippen LogP contribution in [0, 0.1) is 10.8 Å². The first kappa shape index (κ1) is 13.6. The van der Waals surface area contributed by atoms with Crippen molar-refractivity contribution in [2.45, 2.75) is 66.0 Å². The van der Waals surface area contributed by atoms with Crippen molar-refractivity contribution in [3.8, 4) is 0 Å². The van der Waals surface area contributed by atoms with Crippen molar-refractivity contribution < 1.29 is 0 Å². The molecular formula is C15H27N3. The standard InChI is InChI=1S/C15H27N3/c1-11(16)13-8-17-10-18(13)12-6-14(2,3)9-15(4,5)7-12/h8,10-12H,6-7,9,16H2,1-5H3/t11-/m0/s1. The van der Waals surface area contributed by atoms with Gasteiger partial charge in [-0.05, 0) is 37.0 Å². The summed E-state index contributed by atoms with van der Waals surface area (Å²) in [5.41, 5.74) is 7.99. The second kappa shape index (κ2) is 4.37. The maximum absolute atomic E-state index is 6.04. The number of aromatic nitrogens is 2. The van der Waals surface area contributed by atoms with E-state index in [1.54, 1.807) is 0 Å². The van der Waals surface area contributed by atoms with Gasteiger partial charge in [-0.1, -0.05) is 27.7 Å². The highest BCUT2D eigenvalue weighted by atomic mass is 15.1. The van der Waals surface area contributed by atoms with Crippen molar-refractivity contribution in [1.82, 2.24) is 9.55 Å². The number of hydrogen-bond donors (Lipinski definition) is 1. The molecule has 1 heterocycles. The fraction of sp³-hybridized carbons (Fsp3) is 0.800. The summed E-state index contributed by atoms with van der Waals surface area (Å²) >= 11 is 0. The van der Waals surface area contributed by atoms with Gasteiger partial charge in [0, 0.05) is 18.3 Å². The van der Waals surface area contributed by atoms with E-state index in [2.05, 4.69) is 37.2 Å². The van der Waals surface area contributed by atoms with E-state index in [0.29, 0.717) is 16.9 Å². The molecule has 0 spiro atoms. The van der Waals surface area contributed by atoms with Gasteiger partial charge >= 0.3 is 0 Å². The van der Waals surface area contributed by atoms with Crippen molar-refractivity contribution in [1.29, 1.82) is 0 Å². The highest BCUT2D eigenvalue weighted by Crippen LogP contribution is 2.50. The van der Waals surface area contributed by atoms with E-state index in [0.717, 1.165) is 5.69 Å². The van der Waals surface area contributed by atoms with Crippen LogP contribution in [0.1, 0.15) is 71.7 Å². The topological polar surface area (TPSA) is 43.8 Å². The average molecular weight is 249 g/mol. The lowest BCUT2D eigenvalue weighted by Gasteiger charge is -2.45. The highest BCUT2D eigenvalue weighted by Gasteiger charge is 2.39. The quantitative estimate of drug-likeness (QED) is 0.869. The Kier molecular flexibility index (Phi) is 3.30. The fourth-order valence-corrected chi connectivity index (χ4v) is 3.96. The van der Waals surface area contributed by atoms with Crippen molar-refractivity contribution in [3.63, 3.8) is 0 Å². The monoisotopic (exact) mass is 249 g/mol. The van der Waals surface area contributed by atoms with Crippen LogP contribution in [0.2, 0.25) is 0 Å². The van der Waals surface area contributed by atoms with Crippen LogP contribution < -0.4 is 5.73 Å². The lowest BCUT2D eigenvalue weighted by molar-refractivity contribution is 0.0709. The summed E-state index contributed by atoms with van der Waals surface area (Å²) in [7, 11) is 0. The third-order valence-electron chi connectivity index (χ3n) is 4.09. The SMILES string of the molecule is C[C@H](N)c1cncn1C1CC(C)(C)CC(C)(C)C1. The van der Waals surface area contributed by atoms with Crippen LogP contribution in [-0.4, -0.2) is 9.55 Å². The minimum absolute atomic E-state index is 0.0562. The first-order valence-electron chi connectivity index (χ1n) is 6.98. The Morgan fingerprint density at radius 3 is 2.33 bits per heavy atom. The summed E-state index contributed by atoms with van der Waals surface area (Å²) < 4.78 is 2.31. The molecule has 2 N–H and O–H groups in total. The maximum Gasteiger partial charge on any atom is 0.0951 e. The minimum Gasteiger partial charge on any atom is -0.330 e. The molecule has 1 saturated carbocycles. The van der Waals surface area contributed by atoms with Crippen molar-refractivity contribution in [2.24, 2.45) is 16.6 Å². The summed E-state index contributed by atoms with van der Waals surface area (Å²) in [6, 6.07) is 0.591. The Bertz CT molecular complexity index is 399. The highest BCUT2D eigenvalue weighted by molar-refractivity contribution is 5.07. The van der Waals surface area contributed by atoms with Gasteiger partial charge in [0.15, 0.2) is 0 Å². The molecule has 102 valence electrons. The molecule has 0 saturated heterocycles. The van der Waals surface area contributed by atoms with Gasteiger partial charge in [-0.3, -0.25) is 0 Å². The van der Waals surface area contributed by atoms with E-state index < -0.39 is 0 Å². The van der Waals surface area contributed by atoms with Crippen molar-refractivity contribution in [2.75, 3.05) is 0 Å². The van der Waals surface area contributed by atoms with Gasteiger partial charge in [0.1, 0.15) is 0 Å². The van der Waals surface area contributed by atoms with Gasteiger partial charge in [-0.15, -0.1) is 0 Å². The Morgan fingerprint density at radius 1 is 1.28 bits per heavy atom. The molecule has 0 amide bonds. The molecule has 1 aromatic rings. The van der Waals surface area contributed by atoms with Gasteiger partial charge in [0.2, 0.25) is 0 Å². The van der Waals surface area contributed by atoms with Crippen molar-refractivity contribution >= 4 is 0 Å². The number of hydrogen-bond acceptors (Lipinski definition) is 2. The second-order valence-corrected chi connectivity index (χ2v) is 7.58. The Hall–Kier alpha value is -0.830. The molecule has 1 fully saturated rings. The van der Waals surface area contributed by atoms with Gasteiger partial charge in [0.05, 0.1) is 12.0 Å². The van der Waals surface area contributed by atoms with Crippen molar-refractivity contribution in [3.05, 3.63) is 18.2 Å². The van der Waals surface area contributed by atoms with Crippen LogP contribution in [0.5, 0.6) is 0 Å². The number of rotatable bonds is 2. The summed E-state index contributed by atoms with van der Waals surface area (Å²) in [6.07, 6.45) is 7.60. The van der Waals surface area contributed by atoms with E-state index in [1.807, 2.05) is 19.4 Å². The number of nitrogens with two attached hydrogens (primary N) is 1. The largest absolute Gasteiger partial charge is 0.330 e. The minimum atomic E-state index is 0.0562. The summed E-state index contributed by atoms with van der Waals surface area (Å²) in [4.78, 5) is 4.30.